The molecular weight excluding hydrogens is 344 g/mol. The molecule has 0 aromatic heterocycles. The Morgan fingerprint density at radius 1 is 1.04 bits per heavy atom. The van der Waals surface area contributed by atoms with E-state index in [4.69, 9.17) is 14.6 Å². The van der Waals surface area contributed by atoms with Crippen LogP contribution in [0.5, 0.6) is 5.75 Å². The topological polar surface area (TPSA) is 89.9 Å². The van der Waals surface area contributed by atoms with E-state index in [1.807, 2.05) is 0 Å². The summed E-state index contributed by atoms with van der Waals surface area (Å²) in [4.78, 5) is 11.6. The fourth-order valence-electron chi connectivity index (χ4n) is 2.11. The molecule has 134 valence electrons. The summed E-state index contributed by atoms with van der Waals surface area (Å²) >= 11 is 0. The number of esters is 1. The summed E-state index contributed by atoms with van der Waals surface area (Å²) in [6, 6.07) is 12.4. The van der Waals surface area contributed by atoms with Crippen molar-refractivity contribution in [3.8, 4) is 5.75 Å². The molecule has 0 radical (unpaired) electrons. The van der Waals surface area contributed by atoms with Crippen LogP contribution in [0.25, 0.3) is 0 Å². The van der Waals surface area contributed by atoms with Gasteiger partial charge in [-0.3, -0.25) is 0 Å². The average molecular weight is 364 g/mol. The zero-order valence-electron chi connectivity index (χ0n) is 13.8. The van der Waals surface area contributed by atoms with Crippen LogP contribution in [0, 0.1) is 0 Å². The van der Waals surface area contributed by atoms with Gasteiger partial charge < -0.3 is 14.6 Å². The average Bonchev–Trinajstić information content (AvgIpc) is 2.62. The number of hydrogen-bond acceptors (Lipinski definition) is 6. The highest BCUT2D eigenvalue weighted by Gasteiger charge is 2.16. The molecule has 2 aromatic rings. The molecule has 2 aromatic carbocycles. The normalized spacial score (nSPS) is 11.1. The Labute approximate surface area is 146 Å². The molecule has 0 aliphatic carbocycles. The fourth-order valence-corrected chi connectivity index (χ4v) is 3.09. The van der Waals surface area contributed by atoms with Crippen molar-refractivity contribution >= 4 is 15.8 Å². The van der Waals surface area contributed by atoms with Crippen LogP contribution in [0.15, 0.2) is 53.4 Å². The minimum atomic E-state index is -3.65. The van der Waals surface area contributed by atoms with E-state index in [1.165, 1.54) is 24.3 Å². The van der Waals surface area contributed by atoms with Gasteiger partial charge in [0.1, 0.15) is 5.75 Å². The molecule has 6 nitrogen and oxygen atoms in total. The van der Waals surface area contributed by atoms with Gasteiger partial charge in [-0.2, -0.15) is 0 Å². The van der Waals surface area contributed by atoms with Gasteiger partial charge in [0.25, 0.3) is 0 Å². The molecule has 25 heavy (non-hydrogen) atoms. The van der Waals surface area contributed by atoms with E-state index in [0.29, 0.717) is 17.7 Å². The molecule has 0 saturated heterocycles. The van der Waals surface area contributed by atoms with Crippen LogP contribution in [-0.2, 0) is 21.0 Å². The Balaban J connectivity index is 2.02. The van der Waals surface area contributed by atoms with Gasteiger partial charge in [0.15, 0.2) is 5.94 Å². The smallest absolute Gasteiger partial charge is 0.338 e. The minimum Gasteiger partial charge on any atom is -0.477 e. The molecule has 0 atom stereocenters. The third-order valence-corrected chi connectivity index (χ3v) is 4.85. The summed E-state index contributed by atoms with van der Waals surface area (Å²) in [6.45, 7) is 2.00. The highest BCUT2D eigenvalue weighted by atomic mass is 32.2. The van der Waals surface area contributed by atoms with Gasteiger partial charge in [-0.05, 0) is 55.3 Å². The maximum absolute atomic E-state index is 12.3. The zero-order chi connectivity index (χ0) is 18.3. The first-order valence-electron chi connectivity index (χ1n) is 7.79. The monoisotopic (exact) mass is 364 g/mol. The summed E-state index contributed by atoms with van der Waals surface area (Å²) in [5.41, 5.74) is 1.23. The molecule has 0 saturated carbocycles. The number of carbonyl (C=O) groups excluding carboxylic acids is 1. The Bertz CT molecular complexity index is 794. The number of carbonyl (C=O) groups is 1. The molecule has 0 bridgehead atoms. The van der Waals surface area contributed by atoms with Crippen molar-refractivity contribution in [2.45, 2.75) is 18.2 Å². The lowest BCUT2D eigenvalue weighted by Crippen LogP contribution is -2.13. The summed E-state index contributed by atoms with van der Waals surface area (Å²) < 4.78 is 34.8. The zero-order valence-corrected chi connectivity index (χ0v) is 14.7. The van der Waals surface area contributed by atoms with Crippen molar-refractivity contribution in [3.63, 3.8) is 0 Å². The third-order valence-electron chi connectivity index (χ3n) is 3.43. The van der Waals surface area contributed by atoms with E-state index in [0.717, 1.165) is 5.56 Å². The van der Waals surface area contributed by atoms with E-state index in [-0.39, 0.29) is 18.1 Å². The van der Waals surface area contributed by atoms with Gasteiger partial charge in [-0.25, -0.2) is 13.2 Å². The van der Waals surface area contributed by atoms with Crippen molar-refractivity contribution < 1.29 is 27.8 Å². The molecule has 0 fully saturated rings. The van der Waals surface area contributed by atoms with Crippen LogP contribution in [-0.4, -0.2) is 38.6 Å². The molecule has 0 aliphatic heterocycles. The SMILES string of the molecule is CCOC(=O)c1ccc(S(=O)(=O)COc2ccc(CCO)cc2)cc1. The molecule has 0 unspecified atom stereocenters. The second-order valence-corrected chi connectivity index (χ2v) is 7.18. The lowest BCUT2D eigenvalue weighted by atomic mass is 10.1. The predicted octanol–water partition coefficient (Wildman–Crippen LogP) is 2.21. The first kappa shape index (κ1) is 19.0. The van der Waals surface area contributed by atoms with Crippen LogP contribution < -0.4 is 4.74 Å². The summed E-state index contributed by atoms with van der Waals surface area (Å²) in [6.07, 6.45) is 0.533. The van der Waals surface area contributed by atoms with Crippen LogP contribution in [0.3, 0.4) is 0 Å². The maximum atomic E-state index is 12.3. The molecule has 7 heteroatoms. The Morgan fingerprint density at radius 3 is 2.24 bits per heavy atom. The molecule has 0 aliphatic rings. The third kappa shape index (κ3) is 5.30. The molecule has 2 rings (SSSR count). The van der Waals surface area contributed by atoms with E-state index >= 15 is 0 Å². The van der Waals surface area contributed by atoms with Crippen molar-refractivity contribution in [3.05, 3.63) is 59.7 Å². The van der Waals surface area contributed by atoms with Crippen LogP contribution in [0.1, 0.15) is 22.8 Å². The van der Waals surface area contributed by atoms with Crippen molar-refractivity contribution in [2.75, 3.05) is 19.2 Å². The number of rotatable bonds is 8. The lowest BCUT2D eigenvalue weighted by Gasteiger charge is -2.09. The van der Waals surface area contributed by atoms with Gasteiger partial charge in [0, 0.05) is 6.61 Å². The first-order valence-corrected chi connectivity index (χ1v) is 9.44. The van der Waals surface area contributed by atoms with Gasteiger partial charge in [0.2, 0.25) is 9.84 Å². The molecule has 0 heterocycles. The van der Waals surface area contributed by atoms with E-state index in [9.17, 15) is 13.2 Å². The van der Waals surface area contributed by atoms with Crippen molar-refractivity contribution in [1.82, 2.24) is 0 Å². The van der Waals surface area contributed by atoms with Gasteiger partial charge >= 0.3 is 5.97 Å². The van der Waals surface area contributed by atoms with Crippen LogP contribution >= 0.6 is 0 Å². The van der Waals surface area contributed by atoms with Crippen molar-refractivity contribution in [2.24, 2.45) is 0 Å². The quantitative estimate of drug-likeness (QED) is 0.722. The predicted molar refractivity (Wildman–Crippen MR) is 92.3 cm³/mol. The number of aliphatic hydroxyl groups excluding tert-OH is 1. The number of aliphatic hydroxyl groups is 1. The second kappa shape index (κ2) is 8.64. The van der Waals surface area contributed by atoms with E-state index in [1.54, 1.807) is 31.2 Å². The Morgan fingerprint density at radius 2 is 1.68 bits per heavy atom. The van der Waals surface area contributed by atoms with Crippen molar-refractivity contribution in [1.29, 1.82) is 0 Å². The highest BCUT2D eigenvalue weighted by Crippen LogP contribution is 2.17. The summed E-state index contributed by atoms with van der Waals surface area (Å²) in [5, 5.41) is 8.87. The Kier molecular flexibility index (Phi) is 6.55. The molecular formula is C18H20O6S. The van der Waals surface area contributed by atoms with E-state index < -0.39 is 21.7 Å². The number of sulfone groups is 1. The molecule has 1 N–H and O–H groups in total. The van der Waals surface area contributed by atoms with Gasteiger partial charge in [0.05, 0.1) is 17.1 Å². The second-order valence-electron chi connectivity index (χ2n) is 5.24. The summed E-state index contributed by atoms with van der Waals surface area (Å²) in [5.74, 6) is -0.579. The first-order chi connectivity index (χ1) is 12.0. The standard InChI is InChI=1S/C18H20O6S/c1-2-23-18(20)15-5-9-17(10-6-15)25(21,22)13-24-16-7-3-14(4-8-16)11-12-19/h3-10,19H,2,11-13H2,1H3. The van der Waals surface area contributed by atoms with Gasteiger partial charge in [-0.15, -0.1) is 0 Å². The fraction of sp³-hybridized carbons (Fsp3) is 0.278. The lowest BCUT2D eigenvalue weighted by molar-refractivity contribution is 0.0526. The van der Waals surface area contributed by atoms with Crippen LogP contribution in [0.4, 0.5) is 0 Å². The minimum absolute atomic E-state index is 0.0520. The Hall–Kier alpha value is -2.38. The van der Waals surface area contributed by atoms with E-state index in [2.05, 4.69) is 0 Å². The maximum Gasteiger partial charge on any atom is 0.338 e. The number of ether oxygens (including phenoxy) is 2. The van der Waals surface area contributed by atoms with Gasteiger partial charge in [-0.1, -0.05) is 12.1 Å². The number of benzene rings is 2. The molecule has 0 spiro atoms. The number of hydrogen-bond donors (Lipinski definition) is 1. The molecule has 0 amide bonds. The largest absolute Gasteiger partial charge is 0.477 e. The summed E-state index contributed by atoms with van der Waals surface area (Å²) in [7, 11) is -3.65. The van der Waals surface area contributed by atoms with Crippen LogP contribution in [0.2, 0.25) is 0 Å². The highest BCUT2D eigenvalue weighted by molar-refractivity contribution is 7.91.